The van der Waals surface area contributed by atoms with Crippen molar-refractivity contribution >= 4 is 23.2 Å². The SMILES string of the molecule is CCCNC(Cc1ccc(Cl)c(Cl)c1)C(C)C1CC1. The van der Waals surface area contributed by atoms with Gasteiger partial charge >= 0.3 is 0 Å². The van der Waals surface area contributed by atoms with Crippen LogP contribution in [-0.4, -0.2) is 12.6 Å². The summed E-state index contributed by atoms with van der Waals surface area (Å²) >= 11 is 12.1. The molecule has 106 valence electrons. The lowest BCUT2D eigenvalue weighted by molar-refractivity contribution is 0.339. The average Bonchev–Trinajstić information content (AvgIpc) is 3.22. The Labute approximate surface area is 126 Å². The Bertz CT molecular complexity index is 415. The first-order valence-electron chi connectivity index (χ1n) is 7.29. The van der Waals surface area contributed by atoms with E-state index in [4.69, 9.17) is 23.2 Å². The van der Waals surface area contributed by atoms with E-state index in [0.717, 1.165) is 24.8 Å². The van der Waals surface area contributed by atoms with E-state index < -0.39 is 0 Å². The van der Waals surface area contributed by atoms with Crippen molar-refractivity contribution in [3.63, 3.8) is 0 Å². The van der Waals surface area contributed by atoms with Crippen molar-refractivity contribution in [3.05, 3.63) is 33.8 Å². The summed E-state index contributed by atoms with van der Waals surface area (Å²) in [7, 11) is 0. The van der Waals surface area contributed by atoms with Crippen LogP contribution >= 0.6 is 23.2 Å². The van der Waals surface area contributed by atoms with Crippen LogP contribution in [0.1, 0.15) is 38.7 Å². The van der Waals surface area contributed by atoms with Crippen LogP contribution in [0.15, 0.2) is 18.2 Å². The van der Waals surface area contributed by atoms with Gasteiger partial charge in [-0.25, -0.2) is 0 Å². The maximum Gasteiger partial charge on any atom is 0.0595 e. The molecular formula is C16H23Cl2N. The van der Waals surface area contributed by atoms with Crippen molar-refractivity contribution in [1.82, 2.24) is 5.32 Å². The summed E-state index contributed by atoms with van der Waals surface area (Å²) in [5, 5.41) is 4.99. The molecule has 19 heavy (non-hydrogen) atoms. The molecule has 0 amide bonds. The molecule has 0 bridgehead atoms. The molecule has 0 aliphatic heterocycles. The lowest BCUT2D eigenvalue weighted by Crippen LogP contribution is -2.38. The summed E-state index contributed by atoms with van der Waals surface area (Å²) in [6, 6.07) is 6.54. The molecule has 0 heterocycles. The van der Waals surface area contributed by atoms with Crippen molar-refractivity contribution in [2.24, 2.45) is 11.8 Å². The molecular weight excluding hydrogens is 277 g/mol. The number of hydrogen-bond acceptors (Lipinski definition) is 1. The van der Waals surface area contributed by atoms with Crippen LogP contribution < -0.4 is 5.32 Å². The van der Waals surface area contributed by atoms with Gasteiger partial charge in [-0.1, -0.05) is 43.1 Å². The van der Waals surface area contributed by atoms with Crippen molar-refractivity contribution in [3.8, 4) is 0 Å². The smallest absolute Gasteiger partial charge is 0.0595 e. The number of nitrogens with one attached hydrogen (secondary N) is 1. The van der Waals surface area contributed by atoms with Gasteiger partial charge < -0.3 is 5.32 Å². The quantitative estimate of drug-likeness (QED) is 0.751. The third-order valence-electron chi connectivity index (χ3n) is 4.10. The first kappa shape index (κ1) is 15.2. The minimum absolute atomic E-state index is 0.546. The van der Waals surface area contributed by atoms with Gasteiger partial charge in [-0.15, -0.1) is 0 Å². The van der Waals surface area contributed by atoms with E-state index in [1.54, 1.807) is 0 Å². The van der Waals surface area contributed by atoms with E-state index in [9.17, 15) is 0 Å². The Morgan fingerprint density at radius 1 is 1.26 bits per heavy atom. The summed E-state index contributed by atoms with van der Waals surface area (Å²) in [5.74, 6) is 1.65. The van der Waals surface area contributed by atoms with E-state index in [2.05, 4.69) is 25.2 Å². The van der Waals surface area contributed by atoms with Crippen molar-refractivity contribution in [2.45, 2.75) is 45.6 Å². The second-order valence-electron chi connectivity index (χ2n) is 5.71. The fourth-order valence-corrected chi connectivity index (χ4v) is 2.97. The standard InChI is InChI=1S/C16H23Cl2N/c1-3-8-19-16(11(2)13-5-6-13)10-12-4-7-14(17)15(18)9-12/h4,7,9,11,13,16,19H,3,5-6,8,10H2,1-2H3. The van der Waals surface area contributed by atoms with Gasteiger partial charge in [0.05, 0.1) is 10.0 Å². The molecule has 2 rings (SSSR count). The number of halogens is 2. The molecule has 0 radical (unpaired) electrons. The third-order valence-corrected chi connectivity index (χ3v) is 4.84. The zero-order valence-electron chi connectivity index (χ0n) is 11.8. The second-order valence-corrected chi connectivity index (χ2v) is 6.52. The summed E-state index contributed by atoms with van der Waals surface area (Å²) in [6.45, 7) is 5.68. The van der Waals surface area contributed by atoms with Crippen LogP contribution in [0.5, 0.6) is 0 Å². The Morgan fingerprint density at radius 3 is 2.58 bits per heavy atom. The van der Waals surface area contributed by atoms with Gasteiger partial charge in [0.2, 0.25) is 0 Å². The highest BCUT2D eigenvalue weighted by atomic mass is 35.5. The minimum atomic E-state index is 0.546. The van der Waals surface area contributed by atoms with Crippen LogP contribution in [0.2, 0.25) is 10.0 Å². The van der Waals surface area contributed by atoms with Crippen LogP contribution in [0.3, 0.4) is 0 Å². The summed E-state index contributed by atoms with van der Waals surface area (Å²) in [4.78, 5) is 0. The molecule has 1 nitrogen and oxygen atoms in total. The van der Waals surface area contributed by atoms with Crippen LogP contribution in [0, 0.1) is 11.8 Å². The summed E-state index contributed by atoms with van der Waals surface area (Å²) < 4.78 is 0. The summed E-state index contributed by atoms with van der Waals surface area (Å²) in [6.07, 6.45) is 5.00. The topological polar surface area (TPSA) is 12.0 Å². The van der Waals surface area contributed by atoms with Gasteiger partial charge in [-0.2, -0.15) is 0 Å². The molecule has 1 fully saturated rings. The molecule has 1 aromatic carbocycles. The van der Waals surface area contributed by atoms with Crippen molar-refractivity contribution < 1.29 is 0 Å². The maximum atomic E-state index is 6.10. The van der Waals surface area contributed by atoms with Crippen molar-refractivity contribution in [2.75, 3.05) is 6.54 Å². The second kappa shape index (κ2) is 6.97. The normalized spacial score (nSPS) is 18.3. The van der Waals surface area contributed by atoms with Crippen molar-refractivity contribution in [1.29, 1.82) is 0 Å². The van der Waals surface area contributed by atoms with Gasteiger partial charge in [0.1, 0.15) is 0 Å². The largest absolute Gasteiger partial charge is 0.313 e. The van der Waals surface area contributed by atoms with Gasteiger partial charge in [-0.05, 0) is 61.8 Å². The molecule has 1 aliphatic rings. The Hall–Kier alpha value is -0.240. The van der Waals surface area contributed by atoms with E-state index in [-0.39, 0.29) is 0 Å². The number of benzene rings is 1. The number of hydrogen-bond donors (Lipinski definition) is 1. The zero-order valence-corrected chi connectivity index (χ0v) is 13.3. The van der Waals surface area contributed by atoms with Crippen LogP contribution in [-0.2, 0) is 6.42 Å². The van der Waals surface area contributed by atoms with E-state index in [0.29, 0.717) is 16.1 Å². The lowest BCUT2D eigenvalue weighted by Gasteiger charge is -2.25. The highest BCUT2D eigenvalue weighted by Gasteiger charge is 2.32. The van der Waals surface area contributed by atoms with Gasteiger partial charge in [-0.3, -0.25) is 0 Å². The first-order chi connectivity index (χ1) is 9.11. The maximum absolute atomic E-state index is 6.10. The Morgan fingerprint density at radius 2 is 2.00 bits per heavy atom. The van der Waals surface area contributed by atoms with Gasteiger partial charge in [0.15, 0.2) is 0 Å². The van der Waals surface area contributed by atoms with Gasteiger partial charge in [0, 0.05) is 6.04 Å². The fraction of sp³-hybridized carbons (Fsp3) is 0.625. The minimum Gasteiger partial charge on any atom is -0.313 e. The molecule has 2 unspecified atom stereocenters. The van der Waals surface area contributed by atoms with Gasteiger partial charge in [0.25, 0.3) is 0 Å². The predicted molar refractivity (Wildman–Crippen MR) is 84.1 cm³/mol. The molecule has 2 atom stereocenters. The van der Waals surface area contributed by atoms with E-state index in [1.165, 1.54) is 24.8 Å². The first-order valence-corrected chi connectivity index (χ1v) is 8.04. The highest BCUT2D eigenvalue weighted by Crippen LogP contribution is 2.39. The van der Waals surface area contributed by atoms with Crippen LogP contribution in [0.4, 0.5) is 0 Å². The lowest BCUT2D eigenvalue weighted by atomic mass is 9.91. The molecule has 0 aromatic heterocycles. The molecule has 1 aliphatic carbocycles. The number of rotatable bonds is 7. The molecule has 0 spiro atoms. The molecule has 1 saturated carbocycles. The third kappa shape index (κ3) is 4.37. The Balaban J connectivity index is 2.02. The molecule has 3 heteroatoms. The van der Waals surface area contributed by atoms with E-state index in [1.807, 2.05) is 12.1 Å². The summed E-state index contributed by atoms with van der Waals surface area (Å²) in [5.41, 5.74) is 1.27. The van der Waals surface area contributed by atoms with Crippen LogP contribution in [0.25, 0.3) is 0 Å². The van der Waals surface area contributed by atoms with E-state index >= 15 is 0 Å². The molecule has 0 saturated heterocycles. The predicted octanol–water partition coefficient (Wildman–Crippen LogP) is 4.95. The molecule has 1 N–H and O–H groups in total. The highest BCUT2D eigenvalue weighted by molar-refractivity contribution is 6.42. The average molecular weight is 300 g/mol. The monoisotopic (exact) mass is 299 g/mol. The fourth-order valence-electron chi connectivity index (χ4n) is 2.64. The zero-order chi connectivity index (χ0) is 13.8. The Kier molecular flexibility index (Phi) is 5.56. The molecule has 1 aromatic rings.